The zero-order valence-corrected chi connectivity index (χ0v) is 9.71. The maximum absolute atomic E-state index is 9.45. The summed E-state index contributed by atoms with van der Waals surface area (Å²) in [6.07, 6.45) is 5.76. The van der Waals surface area contributed by atoms with Crippen molar-refractivity contribution in [2.24, 2.45) is 5.92 Å². The minimum atomic E-state index is -0.00916. The molecule has 0 aromatic carbocycles. The van der Waals surface area contributed by atoms with Gasteiger partial charge in [-0.1, -0.05) is 13.8 Å². The molecule has 1 aliphatic rings. The van der Waals surface area contributed by atoms with Crippen LogP contribution in [-0.2, 0) is 0 Å². The van der Waals surface area contributed by atoms with Crippen molar-refractivity contribution in [3.63, 3.8) is 0 Å². The first kappa shape index (κ1) is 12.0. The second-order valence-electron chi connectivity index (χ2n) is 4.63. The van der Waals surface area contributed by atoms with E-state index in [2.05, 4.69) is 18.7 Å². The molecule has 1 fully saturated rings. The van der Waals surface area contributed by atoms with Gasteiger partial charge in [0.15, 0.2) is 0 Å². The van der Waals surface area contributed by atoms with E-state index in [1.165, 1.54) is 38.9 Å². The summed E-state index contributed by atoms with van der Waals surface area (Å²) in [5.74, 6) is 0.753. The van der Waals surface area contributed by atoms with Crippen LogP contribution in [0.1, 0.15) is 46.0 Å². The second-order valence-corrected chi connectivity index (χ2v) is 4.63. The van der Waals surface area contributed by atoms with Crippen LogP contribution in [0.15, 0.2) is 0 Å². The van der Waals surface area contributed by atoms with Crippen molar-refractivity contribution in [3.8, 4) is 0 Å². The molecule has 2 atom stereocenters. The third kappa shape index (κ3) is 3.97. The Balaban J connectivity index is 2.24. The van der Waals surface area contributed by atoms with Gasteiger partial charge >= 0.3 is 0 Å². The Kier molecular flexibility index (Phi) is 5.49. The standard InChI is InChI=1S/C12H25NO/c1-3-7-13(8-4-2)10-11-5-6-12(14)9-11/h11-12,14H,3-10H2,1-2H3. The van der Waals surface area contributed by atoms with Crippen molar-refractivity contribution in [3.05, 3.63) is 0 Å². The predicted molar refractivity (Wildman–Crippen MR) is 60.4 cm³/mol. The van der Waals surface area contributed by atoms with E-state index >= 15 is 0 Å². The Bertz CT molecular complexity index is 143. The lowest BCUT2D eigenvalue weighted by Crippen LogP contribution is -2.30. The summed E-state index contributed by atoms with van der Waals surface area (Å²) in [5.41, 5.74) is 0. The molecular formula is C12H25NO. The lowest BCUT2D eigenvalue weighted by atomic mass is 10.1. The van der Waals surface area contributed by atoms with Crippen LogP contribution in [0.3, 0.4) is 0 Å². The Labute approximate surface area is 88.3 Å². The average Bonchev–Trinajstić information content (AvgIpc) is 2.52. The molecule has 0 saturated heterocycles. The van der Waals surface area contributed by atoms with Gasteiger partial charge in [-0.2, -0.15) is 0 Å². The van der Waals surface area contributed by atoms with E-state index < -0.39 is 0 Å². The highest BCUT2D eigenvalue weighted by atomic mass is 16.3. The molecule has 0 amide bonds. The van der Waals surface area contributed by atoms with Gasteiger partial charge < -0.3 is 10.0 Å². The van der Waals surface area contributed by atoms with Crippen molar-refractivity contribution >= 4 is 0 Å². The maximum atomic E-state index is 9.45. The molecule has 0 radical (unpaired) electrons. The minimum absolute atomic E-state index is 0.00916. The van der Waals surface area contributed by atoms with E-state index in [1.807, 2.05) is 0 Å². The van der Waals surface area contributed by atoms with Gasteiger partial charge in [0.2, 0.25) is 0 Å². The van der Waals surface area contributed by atoms with Gasteiger partial charge in [0.1, 0.15) is 0 Å². The molecule has 14 heavy (non-hydrogen) atoms. The smallest absolute Gasteiger partial charge is 0.0543 e. The topological polar surface area (TPSA) is 23.5 Å². The van der Waals surface area contributed by atoms with Crippen LogP contribution >= 0.6 is 0 Å². The molecule has 0 spiro atoms. The highest BCUT2D eigenvalue weighted by Crippen LogP contribution is 2.26. The van der Waals surface area contributed by atoms with Crippen LogP contribution in [0.2, 0.25) is 0 Å². The fourth-order valence-corrected chi connectivity index (χ4v) is 2.51. The summed E-state index contributed by atoms with van der Waals surface area (Å²) in [6.45, 7) is 8.14. The maximum Gasteiger partial charge on any atom is 0.0543 e. The summed E-state index contributed by atoms with van der Waals surface area (Å²) in [7, 11) is 0. The molecular weight excluding hydrogens is 174 g/mol. The third-order valence-corrected chi connectivity index (χ3v) is 3.11. The van der Waals surface area contributed by atoms with Crippen LogP contribution < -0.4 is 0 Å². The Morgan fingerprint density at radius 3 is 2.21 bits per heavy atom. The molecule has 1 N–H and O–H groups in total. The monoisotopic (exact) mass is 199 g/mol. The van der Waals surface area contributed by atoms with Gasteiger partial charge in [-0.15, -0.1) is 0 Å². The van der Waals surface area contributed by atoms with E-state index in [0.29, 0.717) is 0 Å². The summed E-state index contributed by atoms with van der Waals surface area (Å²) >= 11 is 0. The zero-order valence-electron chi connectivity index (χ0n) is 9.71. The largest absolute Gasteiger partial charge is 0.393 e. The zero-order chi connectivity index (χ0) is 10.4. The second kappa shape index (κ2) is 6.41. The third-order valence-electron chi connectivity index (χ3n) is 3.11. The summed E-state index contributed by atoms with van der Waals surface area (Å²) < 4.78 is 0. The molecule has 0 aromatic rings. The fraction of sp³-hybridized carbons (Fsp3) is 1.00. The van der Waals surface area contributed by atoms with Crippen molar-refractivity contribution < 1.29 is 5.11 Å². The van der Waals surface area contributed by atoms with Gasteiger partial charge in [0, 0.05) is 6.54 Å². The molecule has 2 heteroatoms. The highest BCUT2D eigenvalue weighted by molar-refractivity contribution is 4.77. The van der Waals surface area contributed by atoms with E-state index in [1.54, 1.807) is 0 Å². The van der Waals surface area contributed by atoms with Gasteiger partial charge in [0.25, 0.3) is 0 Å². The molecule has 0 bridgehead atoms. The quantitative estimate of drug-likeness (QED) is 0.709. The molecule has 1 rings (SSSR count). The van der Waals surface area contributed by atoms with Crippen LogP contribution in [0.5, 0.6) is 0 Å². The van der Waals surface area contributed by atoms with Crippen molar-refractivity contribution in [2.75, 3.05) is 19.6 Å². The lowest BCUT2D eigenvalue weighted by molar-refractivity contribution is 0.167. The molecule has 0 aromatic heterocycles. The van der Waals surface area contributed by atoms with Gasteiger partial charge in [-0.05, 0) is 51.1 Å². The first-order chi connectivity index (χ1) is 6.76. The molecule has 1 aliphatic carbocycles. The number of hydrogen-bond donors (Lipinski definition) is 1. The molecule has 2 nitrogen and oxygen atoms in total. The lowest BCUT2D eigenvalue weighted by Gasteiger charge is -2.24. The first-order valence-electron chi connectivity index (χ1n) is 6.16. The van der Waals surface area contributed by atoms with E-state index in [9.17, 15) is 5.11 Å². The van der Waals surface area contributed by atoms with E-state index in [4.69, 9.17) is 0 Å². The average molecular weight is 199 g/mol. The van der Waals surface area contributed by atoms with E-state index in [-0.39, 0.29) is 6.10 Å². The Hall–Kier alpha value is -0.0800. The normalized spacial score (nSPS) is 27.4. The number of rotatable bonds is 6. The predicted octanol–water partition coefficient (Wildman–Crippen LogP) is 2.27. The molecule has 2 unspecified atom stereocenters. The van der Waals surface area contributed by atoms with Gasteiger partial charge in [-0.3, -0.25) is 0 Å². The fourth-order valence-electron chi connectivity index (χ4n) is 2.51. The van der Waals surface area contributed by atoms with Crippen molar-refractivity contribution in [1.82, 2.24) is 4.90 Å². The number of nitrogens with zero attached hydrogens (tertiary/aromatic N) is 1. The van der Waals surface area contributed by atoms with Gasteiger partial charge in [-0.25, -0.2) is 0 Å². The first-order valence-corrected chi connectivity index (χ1v) is 6.16. The Morgan fingerprint density at radius 1 is 1.14 bits per heavy atom. The molecule has 84 valence electrons. The summed E-state index contributed by atoms with van der Waals surface area (Å²) in [4.78, 5) is 2.56. The molecule has 0 heterocycles. The van der Waals surface area contributed by atoms with E-state index in [0.717, 1.165) is 18.8 Å². The SMILES string of the molecule is CCCN(CCC)CC1CCC(O)C1. The van der Waals surface area contributed by atoms with Crippen LogP contribution in [0.4, 0.5) is 0 Å². The van der Waals surface area contributed by atoms with Crippen LogP contribution in [-0.4, -0.2) is 35.7 Å². The number of aliphatic hydroxyl groups is 1. The number of aliphatic hydroxyl groups excluding tert-OH is 1. The van der Waals surface area contributed by atoms with Gasteiger partial charge in [0.05, 0.1) is 6.10 Å². The highest BCUT2D eigenvalue weighted by Gasteiger charge is 2.24. The Morgan fingerprint density at radius 2 is 1.79 bits per heavy atom. The van der Waals surface area contributed by atoms with Crippen molar-refractivity contribution in [1.29, 1.82) is 0 Å². The summed E-state index contributed by atoms with van der Waals surface area (Å²) in [5, 5.41) is 9.45. The van der Waals surface area contributed by atoms with Crippen LogP contribution in [0.25, 0.3) is 0 Å². The number of hydrogen-bond acceptors (Lipinski definition) is 2. The van der Waals surface area contributed by atoms with Crippen molar-refractivity contribution in [2.45, 2.75) is 52.1 Å². The minimum Gasteiger partial charge on any atom is -0.393 e. The van der Waals surface area contributed by atoms with Crippen LogP contribution in [0, 0.1) is 5.92 Å². The molecule has 1 saturated carbocycles. The summed E-state index contributed by atoms with van der Waals surface area (Å²) in [6, 6.07) is 0. The molecule has 0 aliphatic heterocycles.